The summed E-state index contributed by atoms with van der Waals surface area (Å²) in [6.07, 6.45) is 6.60. The van der Waals surface area contributed by atoms with Crippen molar-refractivity contribution < 1.29 is 9.18 Å². The van der Waals surface area contributed by atoms with Gasteiger partial charge in [0, 0.05) is 43.9 Å². The van der Waals surface area contributed by atoms with Gasteiger partial charge in [0.1, 0.15) is 11.6 Å². The van der Waals surface area contributed by atoms with Gasteiger partial charge in [0.15, 0.2) is 0 Å². The Morgan fingerprint density at radius 2 is 2.00 bits per heavy atom. The Hall–Kier alpha value is -2.17. The van der Waals surface area contributed by atoms with Crippen LogP contribution in [0.4, 0.5) is 4.39 Å². The van der Waals surface area contributed by atoms with E-state index in [2.05, 4.69) is 23.4 Å². The first-order valence-corrected chi connectivity index (χ1v) is 9.10. The Balaban J connectivity index is 1.52. The van der Waals surface area contributed by atoms with Gasteiger partial charge in [-0.15, -0.1) is 0 Å². The first-order chi connectivity index (χ1) is 12.1. The van der Waals surface area contributed by atoms with Gasteiger partial charge in [0.05, 0.1) is 0 Å². The van der Waals surface area contributed by atoms with Gasteiger partial charge >= 0.3 is 0 Å². The summed E-state index contributed by atoms with van der Waals surface area (Å²) in [5.41, 5.74) is 0.615. The molecule has 0 N–H and O–H groups in total. The molecule has 0 atom stereocenters. The van der Waals surface area contributed by atoms with Crippen LogP contribution in [-0.4, -0.2) is 33.4 Å². The zero-order valence-corrected chi connectivity index (χ0v) is 15.0. The number of aryl methyl sites for hydroxylation is 1. The number of aromatic nitrogens is 2. The number of carbonyl (C=O) groups excluding carboxylic acids is 1. The van der Waals surface area contributed by atoms with Crippen molar-refractivity contribution in [2.24, 2.45) is 0 Å². The van der Waals surface area contributed by atoms with Gasteiger partial charge in [0.25, 0.3) is 0 Å². The second-order valence-corrected chi connectivity index (χ2v) is 7.03. The molecule has 1 saturated heterocycles. The second-order valence-electron chi connectivity index (χ2n) is 7.03. The number of rotatable bonds is 5. The molecule has 0 spiro atoms. The molecule has 1 fully saturated rings. The Bertz CT molecular complexity index is 717. The molecular formula is C20H26FN3O. The van der Waals surface area contributed by atoms with Gasteiger partial charge < -0.3 is 9.47 Å². The van der Waals surface area contributed by atoms with Crippen LogP contribution in [0.15, 0.2) is 36.7 Å². The van der Waals surface area contributed by atoms with Crippen molar-refractivity contribution >= 4 is 5.91 Å². The second kappa shape index (κ2) is 7.81. The fourth-order valence-electron chi connectivity index (χ4n) is 3.57. The van der Waals surface area contributed by atoms with E-state index in [1.165, 1.54) is 6.07 Å². The number of halogens is 1. The lowest BCUT2D eigenvalue weighted by Gasteiger charge is -2.32. The zero-order chi connectivity index (χ0) is 17.8. The topological polar surface area (TPSA) is 38.1 Å². The number of hydrogen-bond acceptors (Lipinski definition) is 2. The van der Waals surface area contributed by atoms with Gasteiger partial charge in [-0.25, -0.2) is 9.37 Å². The average Bonchev–Trinajstić information content (AvgIpc) is 3.11. The van der Waals surface area contributed by atoms with Crippen LogP contribution >= 0.6 is 0 Å². The molecule has 1 aromatic carbocycles. The van der Waals surface area contributed by atoms with Crippen molar-refractivity contribution in [1.82, 2.24) is 14.5 Å². The van der Waals surface area contributed by atoms with Crippen LogP contribution in [0.5, 0.6) is 0 Å². The van der Waals surface area contributed by atoms with Gasteiger partial charge in [-0.2, -0.15) is 0 Å². The summed E-state index contributed by atoms with van der Waals surface area (Å²) in [5, 5.41) is 0. The fraction of sp³-hybridized carbons (Fsp3) is 0.500. The number of hydrogen-bond donors (Lipinski definition) is 0. The quantitative estimate of drug-likeness (QED) is 0.825. The number of amides is 1. The molecule has 4 nitrogen and oxygen atoms in total. The summed E-state index contributed by atoms with van der Waals surface area (Å²) < 4.78 is 15.9. The van der Waals surface area contributed by atoms with Gasteiger partial charge in [-0.3, -0.25) is 4.79 Å². The van der Waals surface area contributed by atoms with Crippen LogP contribution in [0.3, 0.4) is 0 Å². The summed E-state index contributed by atoms with van der Waals surface area (Å²) in [7, 11) is 0. The SMILES string of the molecule is CC(C)n1ccnc1C1CCN(C(=O)CCc2ccccc2F)CC1. The molecule has 3 rings (SSSR count). The predicted octanol–water partition coefficient (Wildman–Crippen LogP) is 3.94. The van der Waals surface area contributed by atoms with Crippen LogP contribution < -0.4 is 0 Å². The van der Waals surface area contributed by atoms with Crippen LogP contribution in [0.2, 0.25) is 0 Å². The number of likely N-dealkylation sites (tertiary alicyclic amines) is 1. The molecular weight excluding hydrogens is 317 g/mol. The first kappa shape index (κ1) is 17.6. The standard InChI is InChI=1S/C20H26FN3O/c1-15(2)24-14-11-22-20(24)17-9-12-23(13-10-17)19(25)8-7-16-5-3-4-6-18(16)21/h3-6,11,14-15,17H,7-10,12-13H2,1-2H3. The van der Waals surface area contributed by atoms with Crippen molar-refractivity contribution in [1.29, 1.82) is 0 Å². The first-order valence-electron chi connectivity index (χ1n) is 9.10. The minimum Gasteiger partial charge on any atom is -0.343 e. The minimum absolute atomic E-state index is 0.119. The van der Waals surface area contributed by atoms with Crippen molar-refractivity contribution in [2.45, 2.75) is 51.5 Å². The molecule has 1 aromatic heterocycles. The molecule has 1 aliphatic rings. The molecule has 2 heterocycles. The third kappa shape index (κ3) is 4.09. The van der Waals surface area contributed by atoms with E-state index < -0.39 is 0 Å². The third-order valence-electron chi connectivity index (χ3n) is 5.03. The molecule has 1 amide bonds. The van der Waals surface area contributed by atoms with Crippen molar-refractivity contribution in [3.8, 4) is 0 Å². The van der Waals surface area contributed by atoms with E-state index in [4.69, 9.17) is 0 Å². The number of benzene rings is 1. The smallest absolute Gasteiger partial charge is 0.222 e. The largest absolute Gasteiger partial charge is 0.343 e. The van der Waals surface area contributed by atoms with Crippen LogP contribution in [0, 0.1) is 5.82 Å². The highest BCUT2D eigenvalue weighted by atomic mass is 19.1. The molecule has 0 bridgehead atoms. The van der Waals surface area contributed by atoms with Crippen LogP contribution in [-0.2, 0) is 11.2 Å². The summed E-state index contributed by atoms with van der Waals surface area (Å²) >= 11 is 0. The van der Waals surface area contributed by atoms with E-state index >= 15 is 0 Å². The van der Waals surface area contributed by atoms with E-state index in [1.54, 1.807) is 12.1 Å². The molecule has 0 unspecified atom stereocenters. The molecule has 134 valence electrons. The lowest BCUT2D eigenvalue weighted by molar-refractivity contribution is -0.132. The molecule has 5 heteroatoms. The van der Waals surface area contributed by atoms with E-state index in [-0.39, 0.29) is 11.7 Å². The van der Waals surface area contributed by atoms with E-state index in [0.29, 0.717) is 30.4 Å². The van der Waals surface area contributed by atoms with Crippen molar-refractivity contribution in [3.05, 3.63) is 53.9 Å². The summed E-state index contributed by atoms with van der Waals surface area (Å²) in [5.74, 6) is 1.44. The Morgan fingerprint density at radius 1 is 1.28 bits per heavy atom. The van der Waals surface area contributed by atoms with Gasteiger partial charge in [-0.1, -0.05) is 18.2 Å². The molecule has 0 radical (unpaired) electrons. The maximum Gasteiger partial charge on any atom is 0.222 e. The lowest BCUT2D eigenvalue weighted by Crippen LogP contribution is -2.38. The summed E-state index contributed by atoms with van der Waals surface area (Å²) in [6, 6.07) is 7.08. The fourth-order valence-corrected chi connectivity index (χ4v) is 3.57. The van der Waals surface area contributed by atoms with Crippen LogP contribution in [0.1, 0.15) is 56.5 Å². The highest BCUT2D eigenvalue weighted by Crippen LogP contribution is 2.28. The number of nitrogens with zero attached hydrogens (tertiary/aromatic N) is 3. The normalized spacial score (nSPS) is 15.8. The minimum atomic E-state index is -0.227. The molecule has 25 heavy (non-hydrogen) atoms. The maximum atomic E-state index is 13.7. The van der Waals surface area contributed by atoms with E-state index in [0.717, 1.165) is 31.8 Å². The average molecular weight is 343 g/mol. The maximum absolute atomic E-state index is 13.7. The van der Waals surface area contributed by atoms with Crippen molar-refractivity contribution in [3.63, 3.8) is 0 Å². The number of imidazole rings is 1. The monoisotopic (exact) mass is 343 g/mol. The summed E-state index contributed by atoms with van der Waals surface area (Å²) in [4.78, 5) is 18.9. The Morgan fingerprint density at radius 3 is 2.68 bits per heavy atom. The summed E-state index contributed by atoms with van der Waals surface area (Å²) in [6.45, 7) is 5.83. The molecule has 0 aliphatic carbocycles. The van der Waals surface area contributed by atoms with E-state index in [9.17, 15) is 9.18 Å². The number of piperidine rings is 1. The molecule has 0 saturated carbocycles. The Labute approximate surface area is 148 Å². The van der Waals surface area contributed by atoms with Gasteiger partial charge in [0.2, 0.25) is 5.91 Å². The number of carbonyl (C=O) groups is 1. The molecule has 2 aromatic rings. The predicted molar refractivity (Wildman–Crippen MR) is 95.9 cm³/mol. The zero-order valence-electron chi connectivity index (χ0n) is 15.0. The van der Waals surface area contributed by atoms with Gasteiger partial charge in [-0.05, 0) is 44.7 Å². The lowest BCUT2D eigenvalue weighted by atomic mass is 9.95. The third-order valence-corrected chi connectivity index (χ3v) is 5.03. The highest BCUT2D eigenvalue weighted by Gasteiger charge is 2.26. The Kier molecular flexibility index (Phi) is 5.51. The van der Waals surface area contributed by atoms with Crippen LogP contribution in [0.25, 0.3) is 0 Å². The van der Waals surface area contributed by atoms with Crippen molar-refractivity contribution in [2.75, 3.05) is 13.1 Å². The van der Waals surface area contributed by atoms with E-state index in [1.807, 2.05) is 23.4 Å². The molecule has 1 aliphatic heterocycles. The highest BCUT2D eigenvalue weighted by molar-refractivity contribution is 5.76.